The second-order valence-corrected chi connectivity index (χ2v) is 3.37. The van der Waals surface area contributed by atoms with Crippen LogP contribution in [0.2, 0.25) is 0 Å². The van der Waals surface area contributed by atoms with Crippen molar-refractivity contribution in [3.05, 3.63) is 35.6 Å². The van der Waals surface area contributed by atoms with Crippen LogP contribution in [0.3, 0.4) is 0 Å². The quantitative estimate of drug-likeness (QED) is 0.581. The lowest BCUT2D eigenvalue weighted by Gasteiger charge is -2.18. The molecule has 0 aromatic heterocycles. The Morgan fingerprint density at radius 2 is 1.33 bits per heavy atom. The summed E-state index contributed by atoms with van der Waals surface area (Å²) in [4.78, 5) is 2.02. The SMILES string of the molecule is C=C(C)/C(C)=C(\C)C(=C)N(C)C. The fraction of sp³-hybridized carbons (Fsp3) is 0.455. The zero-order valence-corrected chi connectivity index (χ0v) is 8.86. The van der Waals surface area contributed by atoms with Crippen LogP contribution in [0.5, 0.6) is 0 Å². The van der Waals surface area contributed by atoms with Gasteiger partial charge in [0.05, 0.1) is 0 Å². The van der Waals surface area contributed by atoms with E-state index in [1.54, 1.807) is 0 Å². The molecule has 0 heterocycles. The van der Waals surface area contributed by atoms with Gasteiger partial charge in [-0.2, -0.15) is 0 Å². The molecule has 0 amide bonds. The normalized spacial score (nSPS) is 12.1. The van der Waals surface area contributed by atoms with Crippen LogP contribution in [0, 0.1) is 0 Å². The zero-order valence-electron chi connectivity index (χ0n) is 8.86. The summed E-state index contributed by atoms with van der Waals surface area (Å²) in [5.41, 5.74) is 4.60. The summed E-state index contributed by atoms with van der Waals surface area (Å²) in [5, 5.41) is 0. The molecule has 12 heavy (non-hydrogen) atoms. The van der Waals surface area contributed by atoms with Crippen LogP contribution in [0.15, 0.2) is 35.6 Å². The predicted octanol–water partition coefficient (Wildman–Crippen LogP) is 2.97. The molecule has 0 aromatic carbocycles. The van der Waals surface area contributed by atoms with Gasteiger partial charge >= 0.3 is 0 Å². The second-order valence-electron chi connectivity index (χ2n) is 3.37. The van der Waals surface area contributed by atoms with Gasteiger partial charge in [-0.3, -0.25) is 0 Å². The molecule has 0 aliphatic carbocycles. The minimum atomic E-state index is 1.05. The molecule has 0 aliphatic heterocycles. The Kier molecular flexibility index (Phi) is 3.81. The van der Waals surface area contributed by atoms with Crippen molar-refractivity contribution in [3.63, 3.8) is 0 Å². The van der Waals surface area contributed by atoms with Crippen molar-refractivity contribution >= 4 is 0 Å². The molecule has 1 heteroatoms. The summed E-state index contributed by atoms with van der Waals surface area (Å²) >= 11 is 0. The maximum absolute atomic E-state index is 3.98. The summed E-state index contributed by atoms with van der Waals surface area (Å²) in [7, 11) is 4.00. The monoisotopic (exact) mass is 165 g/mol. The average molecular weight is 165 g/mol. The van der Waals surface area contributed by atoms with Gasteiger partial charge in [-0.25, -0.2) is 0 Å². The Balaban J connectivity index is 4.79. The van der Waals surface area contributed by atoms with Crippen molar-refractivity contribution in [3.8, 4) is 0 Å². The summed E-state index contributed by atoms with van der Waals surface area (Å²) in [6, 6.07) is 0. The smallest absolute Gasteiger partial charge is 0.0320 e. The van der Waals surface area contributed by atoms with Crippen LogP contribution in [0.4, 0.5) is 0 Å². The van der Waals surface area contributed by atoms with Crippen LogP contribution < -0.4 is 0 Å². The average Bonchev–Trinajstić information content (AvgIpc) is 2.00. The summed E-state index contributed by atoms with van der Waals surface area (Å²) in [6.07, 6.45) is 0. The molecule has 0 aromatic rings. The van der Waals surface area contributed by atoms with E-state index < -0.39 is 0 Å². The maximum atomic E-state index is 3.98. The fourth-order valence-electron chi connectivity index (χ4n) is 0.872. The number of nitrogens with zero attached hydrogens (tertiary/aromatic N) is 1. The molecule has 0 N–H and O–H groups in total. The van der Waals surface area contributed by atoms with Crippen molar-refractivity contribution in [1.29, 1.82) is 0 Å². The van der Waals surface area contributed by atoms with Crippen molar-refractivity contribution < 1.29 is 0 Å². The van der Waals surface area contributed by atoms with E-state index in [0.29, 0.717) is 0 Å². The van der Waals surface area contributed by atoms with Gasteiger partial charge in [0.15, 0.2) is 0 Å². The Morgan fingerprint density at radius 1 is 0.917 bits per heavy atom. The van der Waals surface area contributed by atoms with E-state index in [-0.39, 0.29) is 0 Å². The molecule has 0 aliphatic rings. The van der Waals surface area contributed by atoms with E-state index in [0.717, 1.165) is 11.3 Å². The first-order chi connectivity index (χ1) is 5.37. The Morgan fingerprint density at radius 3 is 1.58 bits per heavy atom. The minimum Gasteiger partial charge on any atom is -0.378 e. The Labute approximate surface area is 76.1 Å². The Bertz CT molecular complexity index is 231. The minimum absolute atomic E-state index is 1.05. The molecular weight excluding hydrogens is 146 g/mol. The third-order valence-corrected chi connectivity index (χ3v) is 2.18. The van der Waals surface area contributed by atoms with E-state index in [4.69, 9.17) is 0 Å². The van der Waals surface area contributed by atoms with Crippen LogP contribution in [0.1, 0.15) is 20.8 Å². The van der Waals surface area contributed by atoms with E-state index in [1.165, 1.54) is 11.1 Å². The van der Waals surface area contributed by atoms with Gasteiger partial charge in [0, 0.05) is 19.8 Å². The number of likely N-dealkylation sites (N-methyl/N-ethyl adjacent to an activating group) is 1. The number of hydrogen-bond acceptors (Lipinski definition) is 1. The van der Waals surface area contributed by atoms with E-state index in [2.05, 4.69) is 27.0 Å². The fourth-order valence-corrected chi connectivity index (χ4v) is 0.872. The molecule has 0 rings (SSSR count). The highest BCUT2D eigenvalue weighted by molar-refractivity contribution is 5.38. The predicted molar refractivity (Wildman–Crippen MR) is 56.0 cm³/mol. The van der Waals surface area contributed by atoms with Gasteiger partial charge in [-0.15, -0.1) is 0 Å². The molecule has 0 fully saturated rings. The van der Waals surface area contributed by atoms with Gasteiger partial charge in [0.2, 0.25) is 0 Å². The van der Waals surface area contributed by atoms with Crippen molar-refractivity contribution in [2.75, 3.05) is 14.1 Å². The molecular formula is C11H19N. The van der Waals surface area contributed by atoms with Crippen LogP contribution in [0.25, 0.3) is 0 Å². The summed E-state index contributed by atoms with van der Waals surface area (Å²) in [6.45, 7) is 14.1. The van der Waals surface area contributed by atoms with Gasteiger partial charge in [0.1, 0.15) is 0 Å². The van der Waals surface area contributed by atoms with Crippen molar-refractivity contribution in [1.82, 2.24) is 4.90 Å². The molecule has 0 spiro atoms. The van der Waals surface area contributed by atoms with E-state index >= 15 is 0 Å². The Hall–Kier alpha value is -0.980. The summed E-state index contributed by atoms with van der Waals surface area (Å²) < 4.78 is 0. The number of allylic oxidation sites excluding steroid dienone is 3. The van der Waals surface area contributed by atoms with Crippen LogP contribution in [-0.2, 0) is 0 Å². The molecule has 0 radical (unpaired) electrons. The van der Waals surface area contributed by atoms with E-state index in [9.17, 15) is 0 Å². The van der Waals surface area contributed by atoms with Crippen LogP contribution in [-0.4, -0.2) is 19.0 Å². The number of rotatable bonds is 3. The largest absolute Gasteiger partial charge is 0.378 e. The molecule has 1 nitrogen and oxygen atoms in total. The third-order valence-electron chi connectivity index (χ3n) is 2.18. The highest BCUT2D eigenvalue weighted by atomic mass is 15.1. The van der Waals surface area contributed by atoms with Crippen LogP contribution >= 0.6 is 0 Å². The lowest BCUT2D eigenvalue weighted by molar-refractivity contribution is 0.523. The third kappa shape index (κ3) is 2.57. The standard InChI is InChI=1S/C11H19N/c1-8(2)9(3)10(4)11(5)12(6)7/h1,5H2,2-4,6-7H3/b10-9+. The molecule has 0 atom stereocenters. The van der Waals surface area contributed by atoms with Gasteiger partial charge in [-0.05, 0) is 31.9 Å². The molecule has 0 saturated carbocycles. The first kappa shape index (κ1) is 11.0. The first-order valence-electron chi connectivity index (χ1n) is 4.08. The lowest BCUT2D eigenvalue weighted by Crippen LogP contribution is -2.11. The van der Waals surface area contributed by atoms with Crippen molar-refractivity contribution in [2.45, 2.75) is 20.8 Å². The highest BCUT2D eigenvalue weighted by Gasteiger charge is 2.03. The van der Waals surface area contributed by atoms with Gasteiger partial charge in [0.25, 0.3) is 0 Å². The van der Waals surface area contributed by atoms with E-state index in [1.807, 2.05) is 25.9 Å². The maximum Gasteiger partial charge on any atom is 0.0320 e. The summed E-state index contributed by atoms with van der Waals surface area (Å²) in [5.74, 6) is 0. The zero-order chi connectivity index (χ0) is 9.89. The van der Waals surface area contributed by atoms with Gasteiger partial charge < -0.3 is 4.90 Å². The molecule has 68 valence electrons. The topological polar surface area (TPSA) is 3.24 Å². The first-order valence-corrected chi connectivity index (χ1v) is 4.08. The highest BCUT2D eigenvalue weighted by Crippen LogP contribution is 2.18. The van der Waals surface area contributed by atoms with Crippen molar-refractivity contribution in [2.24, 2.45) is 0 Å². The number of hydrogen-bond donors (Lipinski definition) is 0. The van der Waals surface area contributed by atoms with Gasteiger partial charge in [-0.1, -0.05) is 18.7 Å². The molecule has 0 unspecified atom stereocenters. The molecule has 0 saturated heterocycles. The second kappa shape index (κ2) is 4.15. The molecule has 0 bridgehead atoms. The lowest BCUT2D eigenvalue weighted by atomic mass is 10.0.